The largest absolute Gasteiger partial charge is 0.457 e. The van der Waals surface area contributed by atoms with E-state index in [2.05, 4.69) is 20.6 Å². The molecule has 182 valence electrons. The van der Waals surface area contributed by atoms with Gasteiger partial charge in [-0.05, 0) is 67.4 Å². The van der Waals surface area contributed by atoms with Crippen molar-refractivity contribution in [3.63, 3.8) is 0 Å². The highest BCUT2D eigenvalue weighted by molar-refractivity contribution is 5.96. The molecule has 8 heteroatoms. The second-order valence-corrected chi connectivity index (χ2v) is 8.45. The molecule has 4 N–H and O–H groups in total. The van der Waals surface area contributed by atoms with E-state index in [1.807, 2.05) is 54.6 Å². The average Bonchev–Trinajstić information content (AvgIpc) is 2.89. The van der Waals surface area contributed by atoms with Gasteiger partial charge >= 0.3 is 0 Å². The number of aromatic nitrogens is 2. The van der Waals surface area contributed by atoms with Crippen LogP contribution in [0, 0.1) is 0 Å². The minimum absolute atomic E-state index is 0.157. The van der Waals surface area contributed by atoms with Crippen molar-refractivity contribution >= 4 is 23.2 Å². The van der Waals surface area contributed by atoms with E-state index in [0.29, 0.717) is 48.4 Å². The monoisotopic (exact) mass is 481 g/mol. The van der Waals surface area contributed by atoms with Gasteiger partial charge in [0, 0.05) is 47.4 Å². The number of rotatable bonds is 2. The number of benzene rings is 3. The van der Waals surface area contributed by atoms with Crippen molar-refractivity contribution < 1.29 is 14.3 Å². The van der Waals surface area contributed by atoms with Crippen LogP contribution in [-0.2, 0) is 11.3 Å². The summed E-state index contributed by atoms with van der Waals surface area (Å²) >= 11 is 0. The molecule has 0 spiro atoms. The van der Waals surface area contributed by atoms with Crippen LogP contribution in [0.15, 0.2) is 79.0 Å². The van der Waals surface area contributed by atoms with Crippen molar-refractivity contribution in [3.8, 4) is 22.8 Å². The van der Waals surface area contributed by atoms with Gasteiger partial charge in [-0.25, -0.2) is 9.97 Å². The molecule has 3 heterocycles. The number of ether oxygens (including phenoxy) is 2. The van der Waals surface area contributed by atoms with E-state index in [1.165, 1.54) is 0 Å². The van der Waals surface area contributed by atoms with Crippen LogP contribution < -0.4 is 21.1 Å². The van der Waals surface area contributed by atoms with Crippen LogP contribution in [-0.4, -0.2) is 29.0 Å². The summed E-state index contributed by atoms with van der Waals surface area (Å²) in [6.07, 6.45) is 3.29. The Hall–Kier alpha value is -4.43. The molecule has 0 radical (unpaired) electrons. The highest BCUT2D eigenvalue weighted by Crippen LogP contribution is 2.30. The SMILES string of the molecule is Nc1cc2ccc1-c1ccnc(n1)Nc1ccc(Oc3ccccc3)c(c1)COCCCCNC2=O. The van der Waals surface area contributed by atoms with Crippen LogP contribution >= 0.6 is 0 Å². The number of nitrogens with two attached hydrogens (primary N) is 1. The van der Waals surface area contributed by atoms with Gasteiger partial charge in [0.1, 0.15) is 11.5 Å². The number of anilines is 3. The number of hydrogen-bond donors (Lipinski definition) is 3. The minimum atomic E-state index is -0.157. The maximum atomic E-state index is 12.5. The van der Waals surface area contributed by atoms with Crippen LogP contribution in [0.2, 0.25) is 0 Å². The average molecular weight is 482 g/mol. The highest BCUT2D eigenvalue weighted by Gasteiger charge is 2.13. The van der Waals surface area contributed by atoms with E-state index < -0.39 is 0 Å². The lowest BCUT2D eigenvalue weighted by Gasteiger charge is -2.14. The zero-order chi connectivity index (χ0) is 24.7. The fraction of sp³-hybridized carbons (Fsp3) is 0.179. The first-order valence-electron chi connectivity index (χ1n) is 11.9. The summed E-state index contributed by atoms with van der Waals surface area (Å²) in [5, 5.41) is 6.21. The molecule has 0 unspecified atom stereocenters. The number of fused-ring (bicyclic) bond motifs is 9. The third-order valence-corrected chi connectivity index (χ3v) is 5.79. The lowest BCUT2D eigenvalue weighted by atomic mass is 10.1. The van der Waals surface area contributed by atoms with Crippen molar-refractivity contribution in [3.05, 3.63) is 90.1 Å². The van der Waals surface area contributed by atoms with Crippen LogP contribution in [0.4, 0.5) is 17.3 Å². The predicted octanol–water partition coefficient (Wildman–Crippen LogP) is 5.30. The Morgan fingerprint density at radius 1 is 0.972 bits per heavy atom. The van der Waals surface area contributed by atoms with Gasteiger partial charge in [0.05, 0.1) is 12.3 Å². The molecule has 0 fully saturated rings. The van der Waals surface area contributed by atoms with Crippen LogP contribution in [0.1, 0.15) is 28.8 Å². The summed E-state index contributed by atoms with van der Waals surface area (Å²) in [6, 6.07) is 22.5. The van der Waals surface area contributed by atoms with Gasteiger partial charge < -0.3 is 25.8 Å². The van der Waals surface area contributed by atoms with E-state index in [9.17, 15) is 4.79 Å². The third kappa shape index (κ3) is 5.61. The molecule has 0 atom stereocenters. The number of carbonyl (C=O) groups is 1. The summed E-state index contributed by atoms with van der Waals surface area (Å²) in [7, 11) is 0. The summed E-state index contributed by atoms with van der Waals surface area (Å²) in [5.74, 6) is 1.73. The van der Waals surface area contributed by atoms with Crippen molar-refractivity contribution in [2.45, 2.75) is 19.4 Å². The Morgan fingerprint density at radius 2 is 1.86 bits per heavy atom. The zero-order valence-corrected chi connectivity index (χ0v) is 19.7. The quantitative estimate of drug-likeness (QED) is 0.333. The summed E-state index contributed by atoms with van der Waals surface area (Å²) in [5.41, 5.74) is 10.4. The number of carbonyl (C=O) groups excluding carboxylic acids is 1. The first-order valence-corrected chi connectivity index (χ1v) is 11.9. The molecule has 1 amide bonds. The molecule has 0 saturated heterocycles. The molecule has 4 aromatic rings. The Morgan fingerprint density at radius 3 is 2.72 bits per heavy atom. The topological polar surface area (TPSA) is 111 Å². The van der Waals surface area contributed by atoms with E-state index in [-0.39, 0.29) is 5.91 Å². The Bertz CT molecular complexity index is 1360. The molecule has 2 aliphatic rings. The van der Waals surface area contributed by atoms with Crippen LogP contribution in [0.25, 0.3) is 11.3 Å². The van der Waals surface area contributed by atoms with Crippen LogP contribution in [0.3, 0.4) is 0 Å². The molecular weight excluding hydrogens is 454 g/mol. The fourth-order valence-corrected chi connectivity index (χ4v) is 3.94. The van der Waals surface area contributed by atoms with Gasteiger partial charge in [-0.2, -0.15) is 0 Å². The Balaban J connectivity index is 1.47. The van der Waals surface area contributed by atoms with E-state index in [4.69, 9.17) is 15.2 Å². The lowest BCUT2D eigenvalue weighted by molar-refractivity contribution is 0.0945. The summed E-state index contributed by atoms with van der Waals surface area (Å²) in [6.45, 7) is 1.50. The normalized spacial score (nSPS) is 14.1. The number of nitrogens with zero attached hydrogens (tertiary/aromatic N) is 2. The van der Waals surface area contributed by atoms with Gasteiger partial charge in [0.25, 0.3) is 5.91 Å². The second-order valence-electron chi connectivity index (χ2n) is 8.45. The molecule has 0 aliphatic carbocycles. The number of hydrogen-bond acceptors (Lipinski definition) is 7. The zero-order valence-electron chi connectivity index (χ0n) is 19.7. The molecular formula is C28H27N5O3. The van der Waals surface area contributed by atoms with Gasteiger partial charge in [-0.3, -0.25) is 4.79 Å². The van der Waals surface area contributed by atoms with Gasteiger partial charge in [0.2, 0.25) is 5.95 Å². The van der Waals surface area contributed by atoms with Crippen LogP contribution in [0.5, 0.6) is 11.5 Å². The number of nitrogen functional groups attached to an aromatic ring is 1. The van der Waals surface area contributed by atoms with E-state index >= 15 is 0 Å². The first-order chi connectivity index (χ1) is 17.7. The Kier molecular flexibility index (Phi) is 7.05. The first kappa shape index (κ1) is 23.3. The summed E-state index contributed by atoms with van der Waals surface area (Å²) < 4.78 is 12.1. The number of amides is 1. The molecule has 1 aromatic heterocycles. The molecule has 6 bridgehead atoms. The van der Waals surface area contributed by atoms with Crippen molar-refractivity contribution in [2.24, 2.45) is 0 Å². The van der Waals surface area contributed by atoms with Gasteiger partial charge in [-0.15, -0.1) is 0 Å². The molecule has 8 nitrogen and oxygen atoms in total. The smallest absolute Gasteiger partial charge is 0.251 e. The molecule has 0 saturated carbocycles. The van der Waals surface area contributed by atoms with E-state index in [0.717, 1.165) is 35.4 Å². The maximum absolute atomic E-state index is 12.5. The van der Waals surface area contributed by atoms with Gasteiger partial charge in [0.15, 0.2) is 0 Å². The highest BCUT2D eigenvalue weighted by atomic mass is 16.5. The number of para-hydroxylation sites is 1. The van der Waals surface area contributed by atoms with Crippen molar-refractivity contribution in [2.75, 3.05) is 24.2 Å². The molecule has 3 aromatic carbocycles. The third-order valence-electron chi connectivity index (χ3n) is 5.79. The van der Waals surface area contributed by atoms with E-state index in [1.54, 1.807) is 24.4 Å². The Labute approximate surface area is 209 Å². The lowest BCUT2D eigenvalue weighted by Crippen LogP contribution is -2.24. The number of nitrogens with one attached hydrogen (secondary N) is 2. The van der Waals surface area contributed by atoms with Crippen molar-refractivity contribution in [1.29, 1.82) is 0 Å². The molecule has 36 heavy (non-hydrogen) atoms. The maximum Gasteiger partial charge on any atom is 0.251 e. The van der Waals surface area contributed by atoms with Gasteiger partial charge in [-0.1, -0.05) is 18.2 Å². The predicted molar refractivity (Wildman–Crippen MR) is 139 cm³/mol. The second kappa shape index (κ2) is 10.9. The summed E-state index contributed by atoms with van der Waals surface area (Å²) in [4.78, 5) is 21.5. The molecule has 2 aliphatic heterocycles. The van der Waals surface area contributed by atoms with Crippen molar-refractivity contribution in [1.82, 2.24) is 15.3 Å². The standard InChI is InChI=1S/C28H27N5O3/c29-24-17-19-8-10-23(24)25-12-14-31-28(33-25)32-21-9-11-26(36-22-6-2-1-3-7-22)20(16-21)18-35-15-5-4-13-30-27(19)34/h1-3,6-12,14,16-17H,4-5,13,15,18,29H2,(H,30,34)(H,31,32,33). The fourth-order valence-electron chi connectivity index (χ4n) is 3.94. The molecule has 6 rings (SSSR count). The minimum Gasteiger partial charge on any atom is -0.457 e.